The highest BCUT2D eigenvalue weighted by atomic mass is 32.2. The van der Waals surface area contributed by atoms with Crippen LogP contribution in [0.15, 0.2) is 11.1 Å². The number of amides is 2. The molecule has 0 aliphatic heterocycles. The fourth-order valence-electron chi connectivity index (χ4n) is 1.41. The van der Waals surface area contributed by atoms with Crippen molar-refractivity contribution in [2.75, 3.05) is 5.75 Å². The third kappa shape index (κ3) is 3.86. The van der Waals surface area contributed by atoms with Gasteiger partial charge in [0, 0.05) is 12.6 Å². The SMILES string of the molecule is CC(=O)NC(=O)CSc1nc(C)cc(C)c1C#N. The number of carbonyl (C=O) groups excluding carboxylic acids is 2. The van der Waals surface area contributed by atoms with E-state index in [1.54, 1.807) is 0 Å². The fourth-order valence-corrected chi connectivity index (χ4v) is 2.31. The number of hydrogen-bond donors (Lipinski definition) is 1. The molecular formula is C12H13N3O2S. The number of imide groups is 1. The molecular weight excluding hydrogens is 250 g/mol. The topological polar surface area (TPSA) is 82.8 Å². The molecule has 0 aliphatic rings. The van der Waals surface area contributed by atoms with E-state index in [0.717, 1.165) is 23.0 Å². The van der Waals surface area contributed by atoms with E-state index in [-0.39, 0.29) is 5.75 Å². The van der Waals surface area contributed by atoms with E-state index < -0.39 is 11.8 Å². The number of thioether (sulfide) groups is 1. The number of rotatable bonds is 3. The summed E-state index contributed by atoms with van der Waals surface area (Å²) in [6, 6.07) is 3.89. The number of nitrogens with one attached hydrogen (secondary N) is 1. The van der Waals surface area contributed by atoms with Gasteiger partial charge in [-0.25, -0.2) is 4.98 Å². The Kier molecular flexibility index (Phi) is 4.86. The number of carbonyl (C=O) groups is 2. The zero-order valence-electron chi connectivity index (χ0n) is 10.4. The molecule has 0 saturated carbocycles. The van der Waals surface area contributed by atoms with Gasteiger partial charge in [0.1, 0.15) is 11.1 Å². The van der Waals surface area contributed by atoms with Crippen LogP contribution < -0.4 is 5.32 Å². The van der Waals surface area contributed by atoms with Crippen molar-refractivity contribution < 1.29 is 9.59 Å². The maximum absolute atomic E-state index is 11.3. The minimum atomic E-state index is -0.394. The zero-order valence-corrected chi connectivity index (χ0v) is 11.2. The lowest BCUT2D eigenvalue weighted by atomic mass is 10.1. The number of hydrogen-bond acceptors (Lipinski definition) is 5. The quantitative estimate of drug-likeness (QED) is 0.832. The highest BCUT2D eigenvalue weighted by molar-refractivity contribution is 8.00. The molecule has 1 rings (SSSR count). The van der Waals surface area contributed by atoms with Gasteiger partial charge in [0.05, 0.1) is 11.3 Å². The molecule has 0 aromatic carbocycles. The zero-order chi connectivity index (χ0) is 13.7. The summed E-state index contributed by atoms with van der Waals surface area (Å²) >= 11 is 1.15. The average Bonchev–Trinajstić information content (AvgIpc) is 2.24. The van der Waals surface area contributed by atoms with Crippen LogP contribution in [-0.2, 0) is 9.59 Å². The second-order valence-corrected chi connectivity index (χ2v) is 4.73. The standard InChI is InChI=1S/C12H13N3O2S/c1-7-4-8(2)14-12(10(7)5-13)18-6-11(17)15-9(3)16/h4H,6H2,1-3H3,(H,15,16,17). The van der Waals surface area contributed by atoms with Gasteiger partial charge in [0.25, 0.3) is 0 Å². The lowest BCUT2D eigenvalue weighted by Crippen LogP contribution is -2.29. The van der Waals surface area contributed by atoms with Crippen LogP contribution in [0.1, 0.15) is 23.7 Å². The molecule has 0 saturated heterocycles. The summed E-state index contributed by atoms with van der Waals surface area (Å²) in [5.74, 6) is -0.726. The van der Waals surface area contributed by atoms with E-state index in [0.29, 0.717) is 10.6 Å². The molecule has 1 N–H and O–H groups in total. The Morgan fingerprint density at radius 1 is 1.50 bits per heavy atom. The predicted octanol–water partition coefficient (Wildman–Crippen LogP) is 1.32. The largest absolute Gasteiger partial charge is 0.296 e. The molecule has 0 unspecified atom stereocenters. The molecule has 0 aliphatic carbocycles. The second-order valence-electron chi connectivity index (χ2n) is 3.77. The first-order valence-corrected chi connectivity index (χ1v) is 6.24. The van der Waals surface area contributed by atoms with Gasteiger partial charge in [0.15, 0.2) is 0 Å². The molecule has 1 aromatic heterocycles. The van der Waals surface area contributed by atoms with E-state index in [1.165, 1.54) is 6.92 Å². The van der Waals surface area contributed by atoms with Gasteiger partial charge in [0.2, 0.25) is 11.8 Å². The molecule has 0 radical (unpaired) electrons. The van der Waals surface area contributed by atoms with Gasteiger partial charge < -0.3 is 0 Å². The van der Waals surface area contributed by atoms with E-state index in [9.17, 15) is 9.59 Å². The summed E-state index contributed by atoms with van der Waals surface area (Å²) < 4.78 is 0. The normalized spacial score (nSPS) is 9.67. The summed E-state index contributed by atoms with van der Waals surface area (Å²) in [6.45, 7) is 4.93. The Morgan fingerprint density at radius 3 is 2.72 bits per heavy atom. The molecule has 1 aromatic rings. The highest BCUT2D eigenvalue weighted by Gasteiger charge is 2.11. The van der Waals surface area contributed by atoms with Crippen molar-refractivity contribution >= 4 is 23.6 Å². The van der Waals surface area contributed by atoms with Crippen molar-refractivity contribution in [3.8, 4) is 6.07 Å². The lowest BCUT2D eigenvalue weighted by molar-refractivity contribution is -0.127. The van der Waals surface area contributed by atoms with Crippen molar-refractivity contribution in [3.63, 3.8) is 0 Å². The summed E-state index contributed by atoms with van der Waals surface area (Å²) in [4.78, 5) is 26.3. The molecule has 0 bridgehead atoms. The minimum absolute atomic E-state index is 0.0597. The highest BCUT2D eigenvalue weighted by Crippen LogP contribution is 2.23. The number of aromatic nitrogens is 1. The van der Waals surface area contributed by atoms with Crippen LogP contribution in [0, 0.1) is 25.2 Å². The van der Waals surface area contributed by atoms with Crippen LogP contribution in [0.25, 0.3) is 0 Å². The summed E-state index contributed by atoms with van der Waals surface area (Å²) in [5.41, 5.74) is 2.10. The number of nitrogens with zero attached hydrogens (tertiary/aromatic N) is 2. The summed E-state index contributed by atoms with van der Waals surface area (Å²) in [5, 5.41) is 11.7. The van der Waals surface area contributed by atoms with Gasteiger partial charge in [-0.3, -0.25) is 14.9 Å². The van der Waals surface area contributed by atoms with Crippen molar-refractivity contribution in [1.82, 2.24) is 10.3 Å². The first-order valence-electron chi connectivity index (χ1n) is 5.25. The van der Waals surface area contributed by atoms with E-state index in [4.69, 9.17) is 5.26 Å². The Morgan fingerprint density at radius 2 is 2.17 bits per heavy atom. The molecule has 6 heteroatoms. The maximum atomic E-state index is 11.3. The van der Waals surface area contributed by atoms with Gasteiger partial charge in [-0.1, -0.05) is 11.8 Å². The molecule has 1 heterocycles. The molecule has 0 spiro atoms. The molecule has 18 heavy (non-hydrogen) atoms. The first kappa shape index (κ1) is 14.2. The molecule has 94 valence electrons. The van der Waals surface area contributed by atoms with Crippen LogP contribution in [-0.4, -0.2) is 22.6 Å². The number of nitriles is 1. The van der Waals surface area contributed by atoms with Crippen LogP contribution in [0.5, 0.6) is 0 Å². The summed E-state index contributed by atoms with van der Waals surface area (Å²) in [6.07, 6.45) is 0. The van der Waals surface area contributed by atoms with Crippen molar-refractivity contribution in [2.24, 2.45) is 0 Å². The van der Waals surface area contributed by atoms with E-state index >= 15 is 0 Å². The van der Waals surface area contributed by atoms with E-state index in [2.05, 4.69) is 16.4 Å². The first-order chi connectivity index (χ1) is 8.43. The Labute approximate surface area is 110 Å². The van der Waals surface area contributed by atoms with Crippen LogP contribution in [0.2, 0.25) is 0 Å². The lowest BCUT2D eigenvalue weighted by Gasteiger charge is -2.06. The number of aryl methyl sites for hydroxylation is 2. The van der Waals surface area contributed by atoms with Crippen molar-refractivity contribution in [2.45, 2.75) is 25.8 Å². The molecule has 5 nitrogen and oxygen atoms in total. The number of pyridine rings is 1. The van der Waals surface area contributed by atoms with Crippen LogP contribution in [0.4, 0.5) is 0 Å². The van der Waals surface area contributed by atoms with Crippen molar-refractivity contribution in [3.05, 3.63) is 22.9 Å². The minimum Gasteiger partial charge on any atom is -0.296 e. The summed E-state index contributed by atoms with van der Waals surface area (Å²) in [7, 11) is 0. The molecule has 2 amide bonds. The van der Waals surface area contributed by atoms with Gasteiger partial charge >= 0.3 is 0 Å². The van der Waals surface area contributed by atoms with Crippen molar-refractivity contribution in [1.29, 1.82) is 5.26 Å². The Bertz CT molecular complexity index is 535. The van der Waals surface area contributed by atoms with E-state index in [1.807, 2.05) is 19.9 Å². The Hall–Kier alpha value is -1.87. The van der Waals surface area contributed by atoms with Crippen LogP contribution in [0.3, 0.4) is 0 Å². The van der Waals surface area contributed by atoms with Crippen LogP contribution >= 0.6 is 11.8 Å². The van der Waals surface area contributed by atoms with Gasteiger partial charge in [-0.2, -0.15) is 5.26 Å². The Balaban J connectivity index is 2.82. The maximum Gasteiger partial charge on any atom is 0.236 e. The van der Waals surface area contributed by atoms with Gasteiger partial charge in [-0.15, -0.1) is 0 Å². The fraction of sp³-hybridized carbons (Fsp3) is 0.333. The smallest absolute Gasteiger partial charge is 0.236 e. The monoisotopic (exact) mass is 263 g/mol. The third-order valence-electron chi connectivity index (χ3n) is 2.08. The molecule has 0 atom stereocenters. The molecule has 0 fully saturated rings. The second kappa shape index (κ2) is 6.17. The van der Waals surface area contributed by atoms with Gasteiger partial charge in [-0.05, 0) is 25.5 Å². The average molecular weight is 263 g/mol. The predicted molar refractivity (Wildman–Crippen MR) is 68.0 cm³/mol. The third-order valence-corrected chi connectivity index (χ3v) is 3.05.